The molecule has 0 aromatic heterocycles. The Kier molecular flexibility index (Phi) is 7.93. The highest BCUT2D eigenvalue weighted by Crippen LogP contribution is 2.40. The Hall–Kier alpha value is -4.43. The number of nitrogens with zero attached hydrogens (tertiary/aromatic N) is 2. The van der Waals surface area contributed by atoms with Gasteiger partial charge in [0.05, 0.1) is 22.5 Å². The molecule has 0 spiro atoms. The number of hydrogen-bond acceptors (Lipinski definition) is 5. The molecule has 3 aromatic rings. The van der Waals surface area contributed by atoms with Gasteiger partial charge in [0.2, 0.25) is 0 Å². The van der Waals surface area contributed by atoms with E-state index in [9.17, 15) is 19.5 Å². The number of carboxylic acid groups (broad SMARTS) is 1. The zero-order valence-corrected chi connectivity index (χ0v) is 22.0. The highest BCUT2D eigenvalue weighted by molar-refractivity contribution is 6.38. The molecule has 0 saturated heterocycles. The molecule has 2 amide bonds. The average Bonchev–Trinajstić information content (AvgIpc) is 3.23. The number of rotatable bonds is 9. The first kappa shape index (κ1) is 26.6. The third-order valence-corrected chi connectivity index (χ3v) is 6.47. The van der Waals surface area contributed by atoms with Crippen LogP contribution in [0, 0.1) is 6.92 Å². The molecule has 0 saturated carbocycles. The Morgan fingerprint density at radius 2 is 1.58 bits per heavy atom. The van der Waals surface area contributed by atoms with Crippen molar-refractivity contribution in [1.82, 2.24) is 9.80 Å². The number of carboxylic acids is 1. The molecule has 8 heteroatoms. The minimum absolute atomic E-state index is 0.0501. The third kappa shape index (κ3) is 5.76. The smallest absolute Gasteiger partial charge is 0.335 e. The van der Waals surface area contributed by atoms with Gasteiger partial charge in [0.25, 0.3) is 11.8 Å². The van der Waals surface area contributed by atoms with Gasteiger partial charge in [0, 0.05) is 30.4 Å². The van der Waals surface area contributed by atoms with Crippen LogP contribution in [-0.4, -0.2) is 66.9 Å². The summed E-state index contributed by atoms with van der Waals surface area (Å²) in [6.45, 7) is 3.37. The first-order valence-electron chi connectivity index (χ1n) is 12.4. The number of benzene rings is 3. The first-order chi connectivity index (χ1) is 18.2. The van der Waals surface area contributed by atoms with Gasteiger partial charge in [-0.3, -0.25) is 9.59 Å². The van der Waals surface area contributed by atoms with Gasteiger partial charge in [-0.2, -0.15) is 0 Å². The van der Waals surface area contributed by atoms with E-state index in [1.165, 1.54) is 6.07 Å². The number of aryl methyl sites for hydroxylation is 1. The maximum atomic E-state index is 13.2. The van der Waals surface area contributed by atoms with Crippen LogP contribution in [0.3, 0.4) is 0 Å². The lowest BCUT2D eigenvalue weighted by Crippen LogP contribution is -2.29. The average molecular weight is 513 g/mol. The summed E-state index contributed by atoms with van der Waals surface area (Å²) in [6.07, 6.45) is 0.889. The molecule has 3 N–H and O–H groups in total. The summed E-state index contributed by atoms with van der Waals surface area (Å²) < 4.78 is 0. The fourth-order valence-corrected chi connectivity index (χ4v) is 4.55. The number of carbonyl (C=O) groups excluding carboxylic acids is 2. The Bertz CT molecular complexity index is 1400. The van der Waals surface area contributed by atoms with E-state index in [1.807, 2.05) is 56.6 Å². The molecule has 0 unspecified atom stereocenters. The summed E-state index contributed by atoms with van der Waals surface area (Å²) >= 11 is 0. The molecular weight excluding hydrogens is 480 g/mol. The zero-order chi connectivity index (χ0) is 27.4. The van der Waals surface area contributed by atoms with Crippen molar-refractivity contribution in [2.75, 3.05) is 44.9 Å². The highest BCUT2D eigenvalue weighted by atomic mass is 16.4. The van der Waals surface area contributed by atoms with E-state index in [-0.39, 0.29) is 17.4 Å². The van der Waals surface area contributed by atoms with Crippen LogP contribution in [0.4, 0.5) is 11.4 Å². The molecular formula is C30H32N4O4. The predicted molar refractivity (Wildman–Crippen MR) is 150 cm³/mol. The fraction of sp³-hybridized carbons (Fsp3) is 0.233. The second-order valence-corrected chi connectivity index (χ2v) is 9.68. The quantitative estimate of drug-likeness (QED) is 0.361. The number of amides is 2. The lowest BCUT2D eigenvalue weighted by atomic mass is 9.95. The standard InChI is InChI=1S/C30H32N4O4/c1-19-17-22(30(37)38)18-24-25(19)26(28(35)32-24)27(20-9-6-5-7-10-20)31-23-13-11-21(12-14-23)29(36)34(4)16-8-15-33(2)3/h5-7,9-14,17-18,31H,8,15-16H2,1-4H3,(H,32,35)(H,37,38)/b27-26-. The molecule has 196 valence electrons. The molecule has 3 aromatic carbocycles. The summed E-state index contributed by atoms with van der Waals surface area (Å²) in [7, 11) is 5.82. The number of aromatic carboxylic acids is 1. The van der Waals surface area contributed by atoms with Crippen molar-refractivity contribution in [3.63, 3.8) is 0 Å². The highest BCUT2D eigenvalue weighted by Gasteiger charge is 2.31. The van der Waals surface area contributed by atoms with Crippen molar-refractivity contribution in [2.24, 2.45) is 0 Å². The lowest BCUT2D eigenvalue weighted by molar-refractivity contribution is -0.110. The van der Waals surface area contributed by atoms with Gasteiger partial charge in [0.1, 0.15) is 0 Å². The summed E-state index contributed by atoms with van der Waals surface area (Å²) in [5.74, 6) is -1.42. The van der Waals surface area contributed by atoms with Gasteiger partial charge in [0.15, 0.2) is 0 Å². The summed E-state index contributed by atoms with van der Waals surface area (Å²) in [5.41, 5.74) is 5.04. The SMILES string of the molecule is Cc1cc(C(=O)O)cc2c1/C(=C(/Nc1ccc(C(=O)N(C)CCCN(C)C)cc1)c1ccccc1)C(=O)N2. The van der Waals surface area contributed by atoms with Crippen LogP contribution < -0.4 is 10.6 Å². The van der Waals surface area contributed by atoms with E-state index in [0.717, 1.165) is 18.5 Å². The van der Waals surface area contributed by atoms with E-state index in [1.54, 1.807) is 37.1 Å². The minimum atomic E-state index is -1.05. The largest absolute Gasteiger partial charge is 0.478 e. The predicted octanol–water partition coefficient (Wildman–Crippen LogP) is 4.65. The Morgan fingerprint density at radius 1 is 0.895 bits per heavy atom. The molecule has 0 radical (unpaired) electrons. The van der Waals surface area contributed by atoms with Crippen molar-refractivity contribution in [3.8, 4) is 0 Å². The molecule has 4 rings (SSSR count). The second kappa shape index (κ2) is 11.3. The summed E-state index contributed by atoms with van der Waals surface area (Å²) in [4.78, 5) is 41.4. The number of anilines is 2. The van der Waals surface area contributed by atoms with Gasteiger partial charge < -0.3 is 25.5 Å². The van der Waals surface area contributed by atoms with Crippen LogP contribution >= 0.6 is 0 Å². The van der Waals surface area contributed by atoms with Crippen molar-refractivity contribution in [1.29, 1.82) is 0 Å². The van der Waals surface area contributed by atoms with Crippen LogP contribution in [0.2, 0.25) is 0 Å². The molecule has 38 heavy (non-hydrogen) atoms. The number of nitrogens with one attached hydrogen (secondary N) is 2. The van der Waals surface area contributed by atoms with Gasteiger partial charge in [-0.1, -0.05) is 30.3 Å². The first-order valence-corrected chi connectivity index (χ1v) is 12.4. The van der Waals surface area contributed by atoms with E-state index in [4.69, 9.17) is 0 Å². The van der Waals surface area contributed by atoms with Crippen LogP contribution in [0.25, 0.3) is 11.3 Å². The number of fused-ring (bicyclic) bond motifs is 1. The van der Waals surface area contributed by atoms with E-state index in [2.05, 4.69) is 15.5 Å². The Balaban J connectivity index is 1.67. The molecule has 0 aliphatic carbocycles. The third-order valence-electron chi connectivity index (χ3n) is 6.47. The molecule has 0 fully saturated rings. The molecule has 1 aliphatic rings. The molecule has 0 bridgehead atoms. The molecule has 1 heterocycles. The number of carbonyl (C=O) groups is 3. The minimum Gasteiger partial charge on any atom is -0.478 e. The van der Waals surface area contributed by atoms with Crippen LogP contribution in [0.15, 0.2) is 66.7 Å². The van der Waals surface area contributed by atoms with Gasteiger partial charge in [-0.05, 0) is 81.5 Å². The van der Waals surface area contributed by atoms with Crippen molar-refractivity contribution < 1.29 is 19.5 Å². The maximum absolute atomic E-state index is 13.2. The molecule has 1 aliphatic heterocycles. The van der Waals surface area contributed by atoms with Gasteiger partial charge in [-0.15, -0.1) is 0 Å². The van der Waals surface area contributed by atoms with Gasteiger partial charge >= 0.3 is 5.97 Å². The summed E-state index contributed by atoms with van der Waals surface area (Å²) in [6, 6.07) is 19.7. The van der Waals surface area contributed by atoms with Crippen molar-refractivity contribution in [3.05, 3.63) is 94.5 Å². The van der Waals surface area contributed by atoms with E-state index in [0.29, 0.717) is 45.9 Å². The van der Waals surface area contributed by atoms with Gasteiger partial charge in [-0.25, -0.2) is 4.79 Å². The topological polar surface area (TPSA) is 102 Å². The van der Waals surface area contributed by atoms with E-state index >= 15 is 0 Å². The summed E-state index contributed by atoms with van der Waals surface area (Å²) in [5, 5.41) is 15.7. The number of hydrogen-bond donors (Lipinski definition) is 3. The molecule has 0 atom stereocenters. The van der Waals surface area contributed by atoms with Crippen LogP contribution in [0.1, 0.15) is 43.8 Å². The lowest BCUT2D eigenvalue weighted by Gasteiger charge is -2.19. The van der Waals surface area contributed by atoms with Crippen LogP contribution in [0.5, 0.6) is 0 Å². The second-order valence-electron chi connectivity index (χ2n) is 9.68. The maximum Gasteiger partial charge on any atom is 0.335 e. The zero-order valence-electron chi connectivity index (χ0n) is 22.0. The van der Waals surface area contributed by atoms with Crippen LogP contribution in [-0.2, 0) is 4.79 Å². The Morgan fingerprint density at radius 3 is 2.21 bits per heavy atom. The normalized spacial score (nSPS) is 13.7. The molecule has 8 nitrogen and oxygen atoms in total. The van der Waals surface area contributed by atoms with E-state index < -0.39 is 5.97 Å². The van der Waals surface area contributed by atoms with Crippen molar-refractivity contribution in [2.45, 2.75) is 13.3 Å². The van der Waals surface area contributed by atoms with Crippen molar-refractivity contribution >= 4 is 40.4 Å². The Labute approximate surface area is 222 Å². The monoisotopic (exact) mass is 512 g/mol. The fourth-order valence-electron chi connectivity index (χ4n) is 4.55.